The van der Waals surface area contributed by atoms with E-state index < -0.39 is 53.9 Å². The van der Waals surface area contributed by atoms with Crippen molar-refractivity contribution in [1.29, 1.82) is 0 Å². The smallest absolute Gasteiger partial charge is 0.369 e. The molecule has 1 aliphatic rings. The summed E-state index contributed by atoms with van der Waals surface area (Å²) in [5.41, 5.74) is 11.5. The standard InChI is InChI=1S/C17H24N7O13P3/c18-5-8-1-2-20-13(8)10(25)3-9-4-12(24-7-21-14-15(24)22-17(19)23-16(14)26)35-11(9)6-34-39(30,31)37-40(32,33)36-38(27,28)29/h1-2,7,9,11-12,20H,3-6,18H2,(H,30,31)(H,32,33)(H2,27,28,29)(H3,19,22,23,26)/t9-,11?,12-/m1/s1. The fourth-order valence-electron chi connectivity index (χ4n) is 4.14. The number of phosphoric acid groups is 3. The van der Waals surface area contributed by atoms with Crippen molar-refractivity contribution in [2.45, 2.75) is 31.7 Å². The molecule has 0 spiro atoms. The minimum absolute atomic E-state index is 0.0545. The third-order valence-electron chi connectivity index (χ3n) is 5.72. The van der Waals surface area contributed by atoms with Gasteiger partial charge in [-0.1, -0.05) is 0 Å². The van der Waals surface area contributed by atoms with Gasteiger partial charge in [0.25, 0.3) is 5.56 Å². The molecule has 0 saturated carbocycles. The van der Waals surface area contributed by atoms with Crippen molar-refractivity contribution in [3.05, 3.63) is 40.2 Å². The number of nitrogens with two attached hydrogens (primary N) is 2. The van der Waals surface area contributed by atoms with Crippen molar-refractivity contribution >= 4 is 46.4 Å². The summed E-state index contributed by atoms with van der Waals surface area (Å²) in [6.07, 6.45) is 0.612. The number of ketones is 1. The lowest BCUT2D eigenvalue weighted by Crippen LogP contribution is -2.25. The van der Waals surface area contributed by atoms with E-state index in [2.05, 4.69) is 28.6 Å². The van der Waals surface area contributed by atoms with E-state index in [4.69, 9.17) is 30.5 Å². The summed E-state index contributed by atoms with van der Waals surface area (Å²) in [6.45, 7) is -0.720. The van der Waals surface area contributed by atoms with Gasteiger partial charge < -0.3 is 40.8 Å². The Morgan fingerprint density at radius 3 is 2.60 bits per heavy atom. The summed E-state index contributed by atoms with van der Waals surface area (Å²) in [4.78, 5) is 75.0. The van der Waals surface area contributed by atoms with Gasteiger partial charge in [0, 0.05) is 19.2 Å². The molecule has 3 unspecified atom stereocenters. The van der Waals surface area contributed by atoms with Gasteiger partial charge in [0.05, 0.1) is 24.7 Å². The fourth-order valence-corrected chi connectivity index (χ4v) is 7.17. The molecule has 5 atom stereocenters. The summed E-state index contributed by atoms with van der Waals surface area (Å²) in [6, 6.07) is 1.62. The fraction of sp³-hybridized carbons (Fsp3) is 0.412. The summed E-state index contributed by atoms with van der Waals surface area (Å²) in [7, 11) is -16.8. The number of fused-ring (bicyclic) bond motifs is 1. The molecule has 1 saturated heterocycles. The molecule has 0 aliphatic carbocycles. The summed E-state index contributed by atoms with van der Waals surface area (Å²) < 4.78 is 54.2. The lowest BCUT2D eigenvalue weighted by atomic mass is 9.93. The van der Waals surface area contributed by atoms with Gasteiger partial charge in [-0.05, 0) is 24.0 Å². The maximum atomic E-state index is 13.0. The zero-order chi connectivity index (χ0) is 29.5. The number of imidazole rings is 1. The molecule has 1 aliphatic heterocycles. The van der Waals surface area contributed by atoms with Crippen LogP contribution in [0.25, 0.3) is 11.2 Å². The van der Waals surface area contributed by atoms with Crippen LogP contribution in [0.1, 0.15) is 35.1 Å². The first-order chi connectivity index (χ1) is 18.6. The van der Waals surface area contributed by atoms with Crippen LogP contribution in [0.15, 0.2) is 23.4 Å². The van der Waals surface area contributed by atoms with Crippen LogP contribution in [0.2, 0.25) is 0 Å². The van der Waals surface area contributed by atoms with E-state index in [1.54, 1.807) is 6.07 Å². The number of carbonyl (C=O) groups is 1. The topological polar surface area (TPSA) is 318 Å². The number of aromatic amines is 2. The molecule has 4 heterocycles. The minimum atomic E-state index is -5.74. The number of nitrogens with zero attached hydrogens (tertiary/aromatic N) is 3. The van der Waals surface area contributed by atoms with Gasteiger partial charge in [-0.25, -0.2) is 18.7 Å². The molecule has 0 aromatic carbocycles. The van der Waals surface area contributed by atoms with Crippen LogP contribution in [-0.2, 0) is 38.1 Å². The van der Waals surface area contributed by atoms with Crippen molar-refractivity contribution in [3.63, 3.8) is 0 Å². The van der Waals surface area contributed by atoms with Crippen molar-refractivity contribution in [1.82, 2.24) is 24.5 Å². The number of hydrogen-bond acceptors (Lipinski definition) is 13. The molecule has 220 valence electrons. The Kier molecular flexibility index (Phi) is 8.64. The van der Waals surface area contributed by atoms with Crippen molar-refractivity contribution in [2.24, 2.45) is 11.7 Å². The second kappa shape index (κ2) is 11.4. The number of Topliss-reactive ketones (excluding diaryl/α,β-unsaturated/α-hetero) is 1. The number of carbonyl (C=O) groups excluding carboxylic acids is 1. The molecule has 40 heavy (non-hydrogen) atoms. The van der Waals surface area contributed by atoms with Crippen molar-refractivity contribution in [3.8, 4) is 0 Å². The zero-order valence-corrected chi connectivity index (χ0v) is 22.8. The van der Waals surface area contributed by atoms with Crippen molar-refractivity contribution < 1.29 is 55.9 Å². The number of hydrogen-bond donors (Lipinski definition) is 8. The molecular weight excluding hydrogens is 603 g/mol. The van der Waals surface area contributed by atoms with E-state index in [1.807, 2.05) is 0 Å². The second-order valence-electron chi connectivity index (χ2n) is 8.50. The Labute approximate surface area is 223 Å². The number of rotatable bonds is 12. The van der Waals surface area contributed by atoms with E-state index in [-0.39, 0.29) is 48.0 Å². The van der Waals surface area contributed by atoms with Gasteiger partial charge in [-0.3, -0.25) is 23.7 Å². The number of ether oxygens (including phenoxy) is 1. The van der Waals surface area contributed by atoms with E-state index in [9.17, 15) is 33.1 Å². The van der Waals surface area contributed by atoms with Crippen LogP contribution in [0, 0.1) is 5.92 Å². The number of nitrogens with one attached hydrogen (secondary N) is 2. The summed E-state index contributed by atoms with van der Waals surface area (Å²) in [5, 5.41) is 0. The second-order valence-corrected chi connectivity index (χ2v) is 12.9. The maximum Gasteiger partial charge on any atom is 0.490 e. The first kappa shape index (κ1) is 30.4. The highest BCUT2D eigenvalue weighted by molar-refractivity contribution is 7.66. The monoisotopic (exact) mass is 627 g/mol. The predicted molar refractivity (Wildman–Crippen MR) is 132 cm³/mol. The quantitative estimate of drug-likeness (QED) is 0.0968. The highest BCUT2D eigenvalue weighted by Gasteiger charge is 2.44. The van der Waals surface area contributed by atoms with Gasteiger partial charge in [0.15, 0.2) is 16.9 Å². The van der Waals surface area contributed by atoms with E-state index in [1.165, 1.54) is 17.1 Å². The molecule has 4 rings (SSSR count). The summed E-state index contributed by atoms with van der Waals surface area (Å²) >= 11 is 0. The first-order valence-electron chi connectivity index (χ1n) is 11.1. The molecule has 20 nitrogen and oxygen atoms in total. The number of anilines is 1. The molecule has 3 aromatic heterocycles. The molecule has 23 heteroatoms. The van der Waals surface area contributed by atoms with Crippen LogP contribution in [0.4, 0.5) is 5.95 Å². The van der Waals surface area contributed by atoms with Crippen LogP contribution < -0.4 is 17.0 Å². The molecule has 0 amide bonds. The lowest BCUT2D eigenvalue weighted by molar-refractivity contribution is -0.0287. The molecule has 3 aromatic rings. The third-order valence-corrected chi connectivity index (χ3v) is 9.52. The first-order valence-corrected chi connectivity index (χ1v) is 15.7. The SMILES string of the molecule is NCc1cc[nH]c1C(=O)C[C@@H]1C[C@H](n2cnc3c(=O)[nH]c(N)nc32)OC1COP(=O)(O)OP(=O)(O)OP(=O)(O)O. The normalized spacial score (nSPS) is 22.8. The molecule has 0 bridgehead atoms. The van der Waals surface area contributed by atoms with E-state index in [0.29, 0.717) is 5.56 Å². The van der Waals surface area contributed by atoms with Crippen LogP contribution in [0.3, 0.4) is 0 Å². The summed E-state index contributed by atoms with van der Waals surface area (Å²) in [5.74, 6) is -1.29. The highest BCUT2D eigenvalue weighted by Crippen LogP contribution is 2.66. The average molecular weight is 627 g/mol. The van der Waals surface area contributed by atoms with Gasteiger partial charge in [-0.15, -0.1) is 0 Å². The Hall–Kier alpha value is -2.57. The Balaban J connectivity index is 1.56. The largest absolute Gasteiger partial charge is 0.490 e. The predicted octanol–water partition coefficient (Wildman–Crippen LogP) is 0.00860. The lowest BCUT2D eigenvalue weighted by Gasteiger charge is -2.21. The Bertz CT molecular complexity index is 1610. The number of aromatic nitrogens is 5. The Morgan fingerprint density at radius 1 is 1.20 bits per heavy atom. The third kappa shape index (κ3) is 7.19. The Morgan fingerprint density at radius 2 is 1.93 bits per heavy atom. The van der Waals surface area contributed by atoms with Crippen molar-refractivity contribution in [2.75, 3.05) is 12.3 Å². The van der Waals surface area contributed by atoms with E-state index >= 15 is 0 Å². The van der Waals surface area contributed by atoms with Crippen LogP contribution in [-0.4, -0.2) is 62.6 Å². The molecule has 1 fully saturated rings. The van der Waals surface area contributed by atoms with Gasteiger partial charge in [0.2, 0.25) is 5.95 Å². The van der Waals surface area contributed by atoms with Crippen LogP contribution in [0.5, 0.6) is 0 Å². The number of nitrogen functional groups attached to an aromatic ring is 1. The number of phosphoric ester groups is 1. The average Bonchev–Trinajstić information content (AvgIpc) is 3.53. The highest BCUT2D eigenvalue weighted by atomic mass is 31.3. The van der Waals surface area contributed by atoms with Crippen LogP contribution >= 0.6 is 23.5 Å². The molecular formula is C17H24N7O13P3. The zero-order valence-electron chi connectivity index (χ0n) is 20.1. The number of H-pyrrole nitrogens is 2. The molecule has 0 radical (unpaired) electrons. The minimum Gasteiger partial charge on any atom is -0.369 e. The van der Waals surface area contributed by atoms with Gasteiger partial charge >= 0.3 is 23.5 Å². The van der Waals surface area contributed by atoms with E-state index in [0.717, 1.165) is 0 Å². The van der Waals surface area contributed by atoms with Gasteiger partial charge in [-0.2, -0.15) is 13.6 Å². The molecule has 10 N–H and O–H groups in total. The van der Waals surface area contributed by atoms with Gasteiger partial charge in [0.1, 0.15) is 6.23 Å². The maximum absolute atomic E-state index is 13.0.